The molecule has 1 atom stereocenters. The third-order valence-corrected chi connectivity index (χ3v) is 5.25. The van der Waals surface area contributed by atoms with E-state index in [2.05, 4.69) is 20.5 Å². The summed E-state index contributed by atoms with van der Waals surface area (Å²) < 4.78 is 1.72. The number of hydrogen-bond acceptors (Lipinski definition) is 4. The number of nitrogens with zero attached hydrogens (tertiary/aromatic N) is 4. The van der Waals surface area contributed by atoms with Gasteiger partial charge in [-0.2, -0.15) is 0 Å². The molecule has 1 aromatic rings. The highest BCUT2D eigenvalue weighted by atomic mass is 16.2. The molecule has 2 aliphatic rings. The van der Waals surface area contributed by atoms with Crippen LogP contribution in [-0.2, 0) is 11.3 Å². The molecule has 2 heterocycles. The summed E-state index contributed by atoms with van der Waals surface area (Å²) in [6.45, 7) is 5.40. The predicted octanol–water partition coefficient (Wildman–Crippen LogP) is 1.99. The van der Waals surface area contributed by atoms with Crippen molar-refractivity contribution in [2.45, 2.75) is 77.4 Å². The Balaban J connectivity index is 1.55. The summed E-state index contributed by atoms with van der Waals surface area (Å²) >= 11 is 0. The maximum absolute atomic E-state index is 12.6. The van der Waals surface area contributed by atoms with E-state index in [9.17, 15) is 9.59 Å². The van der Waals surface area contributed by atoms with E-state index in [1.165, 1.54) is 12.8 Å². The monoisotopic (exact) mass is 347 g/mol. The fourth-order valence-electron chi connectivity index (χ4n) is 3.61. The van der Waals surface area contributed by atoms with Gasteiger partial charge in [0, 0.05) is 31.1 Å². The second-order valence-electron chi connectivity index (χ2n) is 7.59. The lowest BCUT2D eigenvalue weighted by molar-refractivity contribution is -0.142. The van der Waals surface area contributed by atoms with Crippen molar-refractivity contribution in [3.8, 4) is 0 Å². The van der Waals surface area contributed by atoms with Crippen LogP contribution in [0.25, 0.3) is 0 Å². The van der Waals surface area contributed by atoms with Gasteiger partial charge < -0.3 is 10.2 Å². The Morgan fingerprint density at radius 3 is 2.72 bits per heavy atom. The van der Waals surface area contributed by atoms with Gasteiger partial charge in [0.1, 0.15) is 0 Å². The van der Waals surface area contributed by atoms with Crippen molar-refractivity contribution in [3.05, 3.63) is 11.9 Å². The number of aryl methyl sites for hydroxylation is 1. The van der Waals surface area contributed by atoms with Crippen LogP contribution >= 0.6 is 0 Å². The number of piperidine rings is 1. The van der Waals surface area contributed by atoms with E-state index in [-0.39, 0.29) is 17.9 Å². The summed E-state index contributed by atoms with van der Waals surface area (Å²) in [6, 6.07) is 0.366. The standard InChI is InChI=1S/C18H29N5O2/c1-13(2)19-17(24)16-12-22(21-20-16)11-9-15-8-3-4-10-23(15)18(25)14-6-5-7-14/h12-15H,3-11H2,1-2H3,(H,19,24). The molecule has 1 unspecified atom stereocenters. The molecule has 25 heavy (non-hydrogen) atoms. The molecule has 138 valence electrons. The molecule has 1 aliphatic heterocycles. The average molecular weight is 347 g/mol. The minimum atomic E-state index is -0.194. The molecule has 1 saturated carbocycles. The highest BCUT2D eigenvalue weighted by Crippen LogP contribution is 2.31. The molecular formula is C18H29N5O2. The molecule has 3 rings (SSSR count). The highest BCUT2D eigenvalue weighted by Gasteiger charge is 2.34. The molecule has 1 saturated heterocycles. The van der Waals surface area contributed by atoms with E-state index in [4.69, 9.17) is 0 Å². The van der Waals surface area contributed by atoms with Crippen molar-refractivity contribution in [3.63, 3.8) is 0 Å². The van der Waals surface area contributed by atoms with Crippen LogP contribution in [0.5, 0.6) is 0 Å². The van der Waals surface area contributed by atoms with Gasteiger partial charge in [0.15, 0.2) is 5.69 Å². The molecule has 7 nitrogen and oxygen atoms in total. The van der Waals surface area contributed by atoms with Gasteiger partial charge in [-0.1, -0.05) is 11.6 Å². The molecule has 1 N–H and O–H groups in total. The van der Waals surface area contributed by atoms with Gasteiger partial charge in [-0.05, 0) is 52.4 Å². The SMILES string of the molecule is CC(C)NC(=O)c1cn(CCC2CCCCN2C(=O)C2CCC2)nn1. The summed E-state index contributed by atoms with van der Waals surface area (Å²) in [4.78, 5) is 26.7. The van der Waals surface area contributed by atoms with Gasteiger partial charge in [0.25, 0.3) is 5.91 Å². The van der Waals surface area contributed by atoms with Crippen LogP contribution in [0.2, 0.25) is 0 Å². The van der Waals surface area contributed by atoms with Crippen molar-refractivity contribution < 1.29 is 9.59 Å². The van der Waals surface area contributed by atoms with E-state index in [0.717, 1.165) is 38.6 Å². The van der Waals surface area contributed by atoms with Crippen molar-refractivity contribution in [1.82, 2.24) is 25.2 Å². The van der Waals surface area contributed by atoms with Gasteiger partial charge in [0.05, 0.1) is 6.20 Å². The van der Waals surface area contributed by atoms with E-state index in [0.29, 0.717) is 24.2 Å². The number of carbonyl (C=O) groups excluding carboxylic acids is 2. The molecule has 1 aliphatic carbocycles. The molecule has 2 fully saturated rings. The van der Waals surface area contributed by atoms with Crippen LogP contribution in [0.1, 0.15) is 69.3 Å². The lowest BCUT2D eigenvalue weighted by Gasteiger charge is -2.40. The minimum absolute atomic E-state index is 0.0750. The first-order chi connectivity index (χ1) is 12.0. The summed E-state index contributed by atoms with van der Waals surface area (Å²) in [5.41, 5.74) is 0.347. The normalized spacial score (nSPS) is 21.2. The lowest BCUT2D eigenvalue weighted by atomic mass is 9.83. The van der Waals surface area contributed by atoms with Gasteiger partial charge in [0.2, 0.25) is 5.91 Å². The topological polar surface area (TPSA) is 80.1 Å². The molecule has 7 heteroatoms. The van der Waals surface area contributed by atoms with E-state index in [1.807, 2.05) is 13.8 Å². The minimum Gasteiger partial charge on any atom is -0.348 e. The summed E-state index contributed by atoms with van der Waals surface area (Å²) in [6.07, 6.45) is 9.21. The fraction of sp³-hybridized carbons (Fsp3) is 0.778. The van der Waals surface area contributed by atoms with Crippen molar-refractivity contribution in [2.75, 3.05) is 6.54 Å². The quantitative estimate of drug-likeness (QED) is 0.853. The maximum atomic E-state index is 12.6. The number of carbonyl (C=O) groups is 2. The molecule has 0 bridgehead atoms. The average Bonchev–Trinajstić information content (AvgIpc) is 3.00. The Kier molecular flexibility index (Phi) is 5.71. The van der Waals surface area contributed by atoms with E-state index < -0.39 is 0 Å². The summed E-state index contributed by atoms with van der Waals surface area (Å²) in [7, 11) is 0. The van der Waals surface area contributed by atoms with Crippen molar-refractivity contribution >= 4 is 11.8 Å². The molecule has 2 amide bonds. The fourth-order valence-corrected chi connectivity index (χ4v) is 3.61. The molecular weight excluding hydrogens is 318 g/mol. The van der Waals surface area contributed by atoms with Crippen LogP contribution in [0.3, 0.4) is 0 Å². The Hall–Kier alpha value is -1.92. The number of rotatable bonds is 6. The Bertz CT molecular complexity index is 608. The molecule has 0 radical (unpaired) electrons. The lowest BCUT2D eigenvalue weighted by Crippen LogP contribution is -2.48. The smallest absolute Gasteiger partial charge is 0.273 e. The van der Waals surface area contributed by atoms with E-state index >= 15 is 0 Å². The van der Waals surface area contributed by atoms with Crippen molar-refractivity contribution in [1.29, 1.82) is 0 Å². The second kappa shape index (κ2) is 7.97. The first-order valence-electron chi connectivity index (χ1n) is 9.56. The zero-order valence-electron chi connectivity index (χ0n) is 15.3. The molecule has 0 aromatic carbocycles. The van der Waals surface area contributed by atoms with Crippen LogP contribution in [0.15, 0.2) is 6.20 Å². The van der Waals surface area contributed by atoms with Gasteiger partial charge in [-0.3, -0.25) is 14.3 Å². The third kappa shape index (κ3) is 4.38. The summed E-state index contributed by atoms with van der Waals surface area (Å²) in [5.74, 6) is 0.422. The first-order valence-corrected chi connectivity index (χ1v) is 9.56. The Morgan fingerprint density at radius 2 is 2.04 bits per heavy atom. The zero-order chi connectivity index (χ0) is 17.8. The Morgan fingerprint density at radius 1 is 1.24 bits per heavy atom. The van der Waals surface area contributed by atoms with Crippen LogP contribution in [0.4, 0.5) is 0 Å². The largest absolute Gasteiger partial charge is 0.348 e. The number of likely N-dealkylation sites (tertiary alicyclic amines) is 1. The predicted molar refractivity (Wildman–Crippen MR) is 93.9 cm³/mol. The number of amides is 2. The first kappa shape index (κ1) is 17.9. The maximum Gasteiger partial charge on any atom is 0.273 e. The number of hydrogen-bond donors (Lipinski definition) is 1. The zero-order valence-corrected chi connectivity index (χ0v) is 15.3. The van der Waals surface area contributed by atoms with Gasteiger partial charge in [-0.15, -0.1) is 5.10 Å². The van der Waals surface area contributed by atoms with E-state index in [1.54, 1.807) is 10.9 Å². The number of aromatic nitrogens is 3. The van der Waals surface area contributed by atoms with Crippen LogP contribution in [0, 0.1) is 5.92 Å². The third-order valence-electron chi connectivity index (χ3n) is 5.25. The molecule has 1 aromatic heterocycles. The molecule has 0 spiro atoms. The van der Waals surface area contributed by atoms with Crippen LogP contribution in [-0.4, -0.2) is 50.3 Å². The Labute approximate surface area is 149 Å². The highest BCUT2D eigenvalue weighted by molar-refractivity contribution is 5.91. The van der Waals surface area contributed by atoms with Gasteiger partial charge >= 0.3 is 0 Å². The van der Waals surface area contributed by atoms with Crippen molar-refractivity contribution in [2.24, 2.45) is 5.92 Å². The van der Waals surface area contributed by atoms with Gasteiger partial charge in [-0.25, -0.2) is 0 Å². The van der Waals surface area contributed by atoms with Crippen LogP contribution < -0.4 is 5.32 Å². The second-order valence-corrected chi connectivity index (χ2v) is 7.59. The number of nitrogens with one attached hydrogen (secondary N) is 1. The summed E-state index contributed by atoms with van der Waals surface area (Å²) in [5, 5.41) is 10.8.